The lowest BCUT2D eigenvalue weighted by Gasteiger charge is -2.37. The summed E-state index contributed by atoms with van der Waals surface area (Å²) >= 11 is 1.85. The molecule has 0 amide bonds. The first-order valence-electron chi connectivity index (χ1n) is 12.0. The van der Waals surface area contributed by atoms with Crippen molar-refractivity contribution in [1.82, 2.24) is 24.7 Å². The van der Waals surface area contributed by atoms with E-state index in [1.807, 2.05) is 43.0 Å². The van der Waals surface area contributed by atoms with Crippen LogP contribution in [0.2, 0.25) is 0 Å². The van der Waals surface area contributed by atoms with Crippen LogP contribution < -0.4 is 9.47 Å². The van der Waals surface area contributed by atoms with E-state index in [0.29, 0.717) is 18.5 Å². The number of ether oxygens (including phenoxy) is 2. The quantitative estimate of drug-likeness (QED) is 0.449. The van der Waals surface area contributed by atoms with Gasteiger partial charge in [-0.3, -0.25) is 0 Å². The van der Waals surface area contributed by atoms with Gasteiger partial charge in [-0.25, -0.2) is 24.6 Å². The molecule has 3 aromatic rings. The topological polar surface area (TPSA) is 87.3 Å². The molecular formula is C25H30N6O2S. The maximum Gasteiger partial charge on any atom is 0.318 e. The zero-order valence-corrected chi connectivity index (χ0v) is 20.4. The highest BCUT2D eigenvalue weighted by Gasteiger charge is 2.52. The lowest BCUT2D eigenvalue weighted by Crippen LogP contribution is -2.51. The summed E-state index contributed by atoms with van der Waals surface area (Å²) in [6.45, 7) is 4.31. The van der Waals surface area contributed by atoms with Crippen molar-refractivity contribution in [3.05, 3.63) is 54.9 Å². The summed E-state index contributed by atoms with van der Waals surface area (Å²) in [6.07, 6.45) is 12.2. The summed E-state index contributed by atoms with van der Waals surface area (Å²) in [5, 5.41) is 5.64. The van der Waals surface area contributed by atoms with Crippen molar-refractivity contribution in [2.75, 3.05) is 6.61 Å². The summed E-state index contributed by atoms with van der Waals surface area (Å²) in [7, 11) is 0. The van der Waals surface area contributed by atoms with E-state index in [2.05, 4.69) is 27.0 Å². The molecule has 0 N–H and O–H groups in total. The monoisotopic (exact) mass is 478 g/mol. The fourth-order valence-corrected chi connectivity index (χ4v) is 6.16. The SMILES string of the molecule is CCC1=NC(COc2ccc(-n3cnc(C)n3)cc2)(Oc2ncccn2)C(C2CCCCC2)S1. The zero-order chi connectivity index (χ0) is 23.4. The van der Waals surface area contributed by atoms with Crippen LogP contribution >= 0.6 is 11.8 Å². The van der Waals surface area contributed by atoms with Crippen LogP contribution in [0.1, 0.15) is 51.3 Å². The van der Waals surface area contributed by atoms with Gasteiger partial charge >= 0.3 is 6.01 Å². The molecule has 3 heterocycles. The van der Waals surface area contributed by atoms with Crippen LogP contribution in [0.25, 0.3) is 5.69 Å². The molecule has 0 bridgehead atoms. The predicted molar refractivity (Wildman–Crippen MR) is 133 cm³/mol. The van der Waals surface area contributed by atoms with Crippen LogP contribution in [0, 0.1) is 12.8 Å². The third-order valence-electron chi connectivity index (χ3n) is 6.37. The second kappa shape index (κ2) is 10.1. The summed E-state index contributed by atoms with van der Waals surface area (Å²) < 4.78 is 14.6. The minimum atomic E-state index is -0.860. The Labute approximate surface area is 204 Å². The van der Waals surface area contributed by atoms with Gasteiger partial charge in [0.1, 0.15) is 17.9 Å². The first kappa shape index (κ1) is 22.8. The number of aromatic nitrogens is 5. The van der Waals surface area contributed by atoms with Gasteiger partial charge in [-0.05, 0) is 62.4 Å². The molecule has 2 aromatic heterocycles. The van der Waals surface area contributed by atoms with Crippen molar-refractivity contribution in [3.8, 4) is 17.4 Å². The Morgan fingerprint density at radius 1 is 1.06 bits per heavy atom. The second-order valence-corrected chi connectivity index (χ2v) is 10.0. The molecule has 1 aromatic carbocycles. The molecule has 0 radical (unpaired) electrons. The van der Waals surface area contributed by atoms with Crippen LogP contribution in [-0.4, -0.2) is 47.4 Å². The minimum absolute atomic E-state index is 0.170. The van der Waals surface area contributed by atoms with Crippen LogP contribution in [0.15, 0.2) is 54.0 Å². The minimum Gasteiger partial charge on any atom is -0.487 e. The highest BCUT2D eigenvalue weighted by atomic mass is 32.2. The molecule has 2 atom stereocenters. The smallest absolute Gasteiger partial charge is 0.318 e. The maximum absolute atomic E-state index is 6.50. The molecule has 0 saturated heterocycles. The van der Waals surface area contributed by atoms with Crippen LogP contribution in [0.4, 0.5) is 0 Å². The molecule has 34 heavy (non-hydrogen) atoms. The van der Waals surface area contributed by atoms with E-state index in [0.717, 1.165) is 28.7 Å². The summed E-state index contributed by atoms with van der Waals surface area (Å²) in [5.74, 6) is 2.02. The maximum atomic E-state index is 6.50. The van der Waals surface area contributed by atoms with Gasteiger partial charge in [0.2, 0.25) is 5.72 Å². The van der Waals surface area contributed by atoms with E-state index in [9.17, 15) is 0 Å². The fraction of sp³-hybridized carbons (Fsp3) is 0.480. The predicted octanol–water partition coefficient (Wildman–Crippen LogP) is 5.02. The van der Waals surface area contributed by atoms with Crippen LogP contribution in [-0.2, 0) is 0 Å². The molecule has 9 heteroatoms. The fourth-order valence-electron chi connectivity index (χ4n) is 4.68. The average Bonchev–Trinajstić information content (AvgIpc) is 3.48. The Balaban J connectivity index is 1.40. The van der Waals surface area contributed by atoms with E-state index in [1.165, 1.54) is 32.1 Å². The Morgan fingerprint density at radius 3 is 2.50 bits per heavy atom. The van der Waals surface area contributed by atoms with Gasteiger partial charge < -0.3 is 9.47 Å². The molecule has 1 fully saturated rings. The molecule has 1 saturated carbocycles. The van der Waals surface area contributed by atoms with E-state index < -0.39 is 5.72 Å². The van der Waals surface area contributed by atoms with Crippen molar-refractivity contribution >= 4 is 16.8 Å². The standard InChI is InChI=1S/C25H30N6O2S/c1-3-22-29-25(33-24-26-14-7-15-27-24,23(34-22)19-8-5-4-6-9-19)16-32-21-12-10-20(11-13-21)31-17-28-18(2)30-31/h7,10-15,17,19,23H,3-6,8-9,16H2,1-2H3. The average molecular weight is 479 g/mol. The number of thioether (sulfide) groups is 1. The highest BCUT2D eigenvalue weighted by Crippen LogP contribution is 2.46. The molecule has 2 aliphatic rings. The van der Waals surface area contributed by atoms with Crippen LogP contribution in [0.5, 0.6) is 11.8 Å². The second-order valence-electron chi connectivity index (χ2n) is 8.79. The molecule has 178 valence electrons. The van der Waals surface area contributed by atoms with Gasteiger partial charge in [-0.2, -0.15) is 5.10 Å². The Kier molecular flexibility index (Phi) is 6.80. The number of nitrogens with zero attached hydrogens (tertiary/aromatic N) is 6. The van der Waals surface area contributed by atoms with E-state index in [-0.39, 0.29) is 5.25 Å². The highest BCUT2D eigenvalue weighted by molar-refractivity contribution is 8.14. The van der Waals surface area contributed by atoms with Gasteiger partial charge in [0.15, 0.2) is 6.61 Å². The van der Waals surface area contributed by atoms with Gasteiger partial charge in [0.25, 0.3) is 0 Å². The van der Waals surface area contributed by atoms with Gasteiger partial charge in [-0.1, -0.05) is 26.2 Å². The van der Waals surface area contributed by atoms with Crippen molar-refractivity contribution in [2.24, 2.45) is 10.9 Å². The first-order valence-corrected chi connectivity index (χ1v) is 12.9. The van der Waals surface area contributed by atoms with Crippen molar-refractivity contribution in [2.45, 2.75) is 63.3 Å². The van der Waals surface area contributed by atoms with E-state index in [1.54, 1.807) is 29.5 Å². The third kappa shape index (κ3) is 4.94. The lowest BCUT2D eigenvalue weighted by atomic mass is 9.83. The lowest BCUT2D eigenvalue weighted by molar-refractivity contribution is 0.00337. The molecular weight excluding hydrogens is 448 g/mol. The first-order chi connectivity index (χ1) is 16.6. The number of benzene rings is 1. The number of rotatable bonds is 8. The van der Waals surface area contributed by atoms with Gasteiger partial charge in [0.05, 0.1) is 16.0 Å². The van der Waals surface area contributed by atoms with Crippen molar-refractivity contribution in [3.63, 3.8) is 0 Å². The zero-order valence-electron chi connectivity index (χ0n) is 19.6. The summed E-state index contributed by atoms with van der Waals surface area (Å²) in [6, 6.07) is 9.96. The van der Waals surface area contributed by atoms with Gasteiger partial charge in [0, 0.05) is 12.4 Å². The summed E-state index contributed by atoms with van der Waals surface area (Å²) in [4.78, 5) is 18.0. The molecule has 5 rings (SSSR count). The third-order valence-corrected chi connectivity index (χ3v) is 8.02. The number of hydrogen-bond donors (Lipinski definition) is 0. The molecule has 1 aliphatic heterocycles. The molecule has 0 spiro atoms. The van der Waals surface area contributed by atoms with Crippen molar-refractivity contribution in [1.29, 1.82) is 0 Å². The molecule has 2 unspecified atom stereocenters. The number of aliphatic imine (C=N–C) groups is 1. The van der Waals surface area contributed by atoms with Crippen molar-refractivity contribution < 1.29 is 9.47 Å². The van der Waals surface area contributed by atoms with E-state index in [4.69, 9.17) is 14.5 Å². The van der Waals surface area contributed by atoms with Crippen LogP contribution in [0.3, 0.4) is 0 Å². The Hall–Kier alpha value is -2.94. The summed E-state index contributed by atoms with van der Waals surface area (Å²) in [5.41, 5.74) is 0.0699. The van der Waals surface area contributed by atoms with E-state index >= 15 is 0 Å². The number of hydrogen-bond acceptors (Lipinski definition) is 8. The number of aryl methyl sites for hydroxylation is 1. The Morgan fingerprint density at radius 2 is 1.82 bits per heavy atom. The van der Waals surface area contributed by atoms with Gasteiger partial charge in [-0.15, -0.1) is 11.8 Å². The Bertz CT molecular complexity index is 1110. The normalized spacial score (nSPS) is 23.0. The molecule has 1 aliphatic carbocycles. The molecule has 8 nitrogen and oxygen atoms in total. The largest absolute Gasteiger partial charge is 0.487 e.